The van der Waals surface area contributed by atoms with Crippen LogP contribution >= 0.6 is 0 Å². The molecule has 25 heavy (non-hydrogen) atoms. The molecule has 0 radical (unpaired) electrons. The Morgan fingerprint density at radius 2 is 1.96 bits per heavy atom. The van der Waals surface area contributed by atoms with Crippen LogP contribution in [0.3, 0.4) is 0 Å². The summed E-state index contributed by atoms with van der Waals surface area (Å²) in [6.45, 7) is 5.77. The number of amides is 2. The molecule has 5 heteroatoms. The fourth-order valence-corrected chi connectivity index (χ4v) is 3.24. The van der Waals surface area contributed by atoms with Crippen LogP contribution in [0.1, 0.15) is 36.3 Å². The number of hydrogen-bond donors (Lipinski definition) is 1. The van der Waals surface area contributed by atoms with Crippen LogP contribution in [0.25, 0.3) is 0 Å². The summed E-state index contributed by atoms with van der Waals surface area (Å²) in [4.78, 5) is 26.8. The highest BCUT2D eigenvalue weighted by Gasteiger charge is 2.32. The second kappa shape index (κ2) is 7.55. The lowest BCUT2D eigenvalue weighted by molar-refractivity contribution is -0.122. The zero-order valence-electron chi connectivity index (χ0n) is 14.8. The molecule has 0 bridgehead atoms. The van der Waals surface area contributed by atoms with E-state index in [1.807, 2.05) is 72.0 Å². The topological polar surface area (TPSA) is 54.3 Å². The van der Waals surface area contributed by atoms with Crippen molar-refractivity contribution in [3.63, 3.8) is 0 Å². The van der Waals surface area contributed by atoms with Gasteiger partial charge in [0, 0.05) is 32.3 Å². The Bertz CT molecular complexity index is 736. The first-order valence-corrected chi connectivity index (χ1v) is 8.81. The largest absolute Gasteiger partial charge is 0.354 e. The highest BCUT2D eigenvalue weighted by atomic mass is 16.2. The molecule has 3 rings (SSSR count). The predicted molar refractivity (Wildman–Crippen MR) is 97.0 cm³/mol. The average Bonchev–Trinajstić information content (AvgIpc) is 3.05. The Kier molecular flexibility index (Phi) is 5.22. The molecule has 2 amide bonds. The molecule has 0 fully saturated rings. The van der Waals surface area contributed by atoms with Gasteiger partial charge in [0.1, 0.15) is 5.69 Å². The van der Waals surface area contributed by atoms with E-state index in [-0.39, 0.29) is 17.9 Å². The second-order valence-electron chi connectivity index (χ2n) is 7.02. The molecule has 0 spiro atoms. The lowest BCUT2D eigenvalue weighted by atomic mass is 10.1. The number of aromatic nitrogens is 1. The van der Waals surface area contributed by atoms with Crippen molar-refractivity contribution in [3.8, 4) is 0 Å². The van der Waals surface area contributed by atoms with E-state index >= 15 is 0 Å². The third kappa shape index (κ3) is 4.10. The lowest BCUT2D eigenvalue weighted by Crippen LogP contribution is -2.52. The zero-order valence-corrected chi connectivity index (χ0v) is 14.8. The van der Waals surface area contributed by atoms with E-state index in [4.69, 9.17) is 0 Å². The van der Waals surface area contributed by atoms with Crippen LogP contribution < -0.4 is 5.32 Å². The van der Waals surface area contributed by atoms with Crippen LogP contribution in [0.5, 0.6) is 0 Å². The van der Waals surface area contributed by atoms with Crippen molar-refractivity contribution < 1.29 is 9.59 Å². The summed E-state index contributed by atoms with van der Waals surface area (Å²) in [6, 6.07) is 13.7. The monoisotopic (exact) mass is 339 g/mol. The van der Waals surface area contributed by atoms with Gasteiger partial charge in [0.15, 0.2) is 0 Å². The first-order chi connectivity index (χ1) is 12.0. The molecule has 0 saturated heterocycles. The number of rotatable bonds is 6. The normalized spacial score (nSPS) is 16.8. The molecule has 5 nitrogen and oxygen atoms in total. The van der Waals surface area contributed by atoms with Gasteiger partial charge in [-0.25, -0.2) is 0 Å². The highest BCUT2D eigenvalue weighted by Crippen LogP contribution is 2.20. The number of hydrogen-bond acceptors (Lipinski definition) is 2. The van der Waals surface area contributed by atoms with E-state index in [2.05, 4.69) is 5.32 Å². The van der Waals surface area contributed by atoms with Gasteiger partial charge in [-0.1, -0.05) is 44.2 Å². The van der Waals surface area contributed by atoms with E-state index in [1.54, 1.807) is 0 Å². The van der Waals surface area contributed by atoms with Crippen LogP contribution in [0.15, 0.2) is 48.7 Å². The molecule has 1 aliphatic rings. The molecule has 1 aromatic heterocycles. The van der Waals surface area contributed by atoms with Crippen molar-refractivity contribution in [1.29, 1.82) is 0 Å². The van der Waals surface area contributed by atoms with Gasteiger partial charge in [-0.3, -0.25) is 9.59 Å². The molecule has 1 atom stereocenters. The van der Waals surface area contributed by atoms with E-state index in [9.17, 15) is 9.59 Å². The van der Waals surface area contributed by atoms with Crippen molar-refractivity contribution in [2.45, 2.75) is 39.4 Å². The standard InChI is InChI=1S/C20H25N3O2/c1-15(2)11-19(24)21-12-17-14-22-10-6-9-18(22)20(25)23(17)13-16-7-4-3-5-8-16/h3-10,15,17H,11-14H2,1-2H3,(H,21,24). The Hall–Kier alpha value is -2.56. The van der Waals surface area contributed by atoms with Crippen molar-refractivity contribution in [3.05, 3.63) is 59.9 Å². The van der Waals surface area contributed by atoms with Gasteiger partial charge in [0.05, 0.1) is 6.04 Å². The number of nitrogens with one attached hydrogen (secondary N) is 1. The van der Waals surface area contributed by atoms with Gasteiger partial charge in [-0.05, 0) is 23.6 Å². The summed E-state index contributed by atoms with van der Waals surface area (Å²) in [5.74, 6) is 0.382. The van der Waals surface area contributed by atoms with Crippen molar-refractivity contribution in [1.82, 2.24) is 14.8 Å². The van der Waals surface area contributed by atoms with Gasteiger partial charge in [0.25, 0.3) is 5.91 Å². The number of benzene rings is 1. The van der Waals surface area contributed by atoms with Gasteiger partial charge >= 0.3 is 0 Å². The first-order valence-electron chi connectivity index (χ1n) is 8.81. The van der Waals surface area contributed by atoms with Gasteiger partial charge < -0.3 is 14.8 Å². The molecule has 132 valence electrons. The fourth-order valence-electron chi connectivity index (χ4n) is 3.24. The molecule has 2 aromatic rings. The number of fused-ring (bicyclic) bond motifs is 1. The van der Waals surface area contributed by atoms with Gasteiger partial charge in [0.2, 0.25) is 5.91 Å². The van der Waals surface area contributed by atoms with Crippen molar-refractivity contribution >= 4 is 11.8 Å². The molecule has 0 saturated carbocycles. The minimum Gasteiger partial charge on any atom is -0.354 e. The third-order valence-electron chi connectivity index (χ3n) is 4.48. The van der Waals surface area contributed by atoms with Crippen LogP contribution in [-0.2, 0) is 17.9 Å². The summed E-state index contributed by atoms with van der Waals surface area (Å²) < 4.78 is 1.98. The lowest BCUT2D eigenvalue weighted by Gasteiger charge is -2.37. The summed E-state index contributed by atoms with van der Waals surface area (Å²) in [5.41, 5.74) is 1.80. The maximum atomic E-state index is 12.9. The highest BCUT2D eigenvalue weighted by molar-refractivity contribution is 5.93. The molecule has 1 unspecified atom stereocenters. The average molecular weight is 339 g/mol. The molecule has 2 heterocycles. The van der Waals surface area contributed by atoms with E-state index in [0.717, 1.165) is 5.56 Å². The summed E-state index contributed by atoms with van der Waals surface area (Å²) in [5, 5.41) is 3.00. The Morgan fingerprint density at radius 1 is 1.20 bits per heavy atom. The Morgan fingerprint density at radius 3 is 2.68 bits per heavy atom. The number of nitrogens with zero attached hydrogens (tertiary/aromatic N) is 2. The van der Waals surface area contributed by atoms with E-state index < -0.39 is 0 Å². The summed E-state index contributed by atoms with van der Waals surface area (Å²) in [6.07, 6.45) is 2.43. The quantitative estimate of drug-likeness (QED) is 0.880. The first kappa shape index (κ1) is 17.3. The van der Waals surface area contributed by atoms with Crippen LogP contribution in [0.2, 0.25) is 0 Å². The Balaban J connectivity index is 1.75. The van der Waals surface area contributed by atoms with Gasteiger partial charge in [-0.15, -0.1) is 0 Å². The minimum absolute atomic E-state index is 0.0169. The predicted octanol–water partition coefficient (Wildman–Crippen LogP) is 2.68. The van der Waals surface area contributed by atoms with E-state index in [1.165, 1.54) is 0 Å². The summed E-state index contributed by atoms with van der Waals surface area (Å²) in [7, 11) is 0. The number of carbonyl (C=O) groups is 2. The molecule has 0 aliphatic carbocycles. The van der Waals surface area contributed by atoms with Crippen LogP contribution in [-0.4, -0.2) is 33.9 Å². The van der Waals surface area contributed by atoms with Crippen molar-refractivity contribution in [2.75, 3.05) is 6.54 Å². The third-order valence-corrected chi connectivity index (χ3v) is 4.48. The van der Waals surface area contributed by atoms with Gasteiger partial charge in [-0.2, -0.15) is 0 Å². The molecule has 1 aliphatic heterocycles. The minimum atomic E-state index is -0.0521. The zero-order chi connectivity index (χ0) is 17.8. The molecular formula is C20H25N3O2. The maximum Gasteiger partial charge on any atom is 0.271 e. The van der Waals surface area contributed by atoms with Crippen LogP contribution in [0.4, 0.5) is 0 Å². The maximum absolute atomic E-state index is 12.9. The molecular weight excluding hydrogens is 314 g/mol. The number of carbonyl (C=O) groups excluding carboxylic acids is 2. The molecule has 1 aromatic carbocycles. The van der Waals surface area contributed by atoms with Crippen LogP contribution in [0, 0.1) is 5.92 Å². The Labute approximate surface area is 148 Å². The summed E-state index contributed by atoms with van der Waals surface area (Å²) >= 11 is 0. The fraction of sp³-hybridized carbons (Fsp3) is 0.400. The SMILES string of the molecule is CC(C)CC(=O)NCC1Cn2cccc2C(=O)N1Cc1ccccc1. The second-order valence-corrected chi connectivity index (χ2v) is 7.02. The smallest absolute Gasteiger partial charge is 0.271 e. The van der Waals surface area contributed by atoms with E-state index in [0.29, 0.717) is 37.7 Å². The molecule has 1 N–H and O–H groups in total. The van der Waals surface area contributed by atoms with Crippen molar-refractivity contribution in [2.24, 2.45) is 5.92 Å².